The Kier molecular flexibility index (Phi) is 4.75. The quantitative estimate of drug-likeness (QED) is 0.833. The van der Waals surface area contributed by atoms with E-state index in [2.05, 4.69) is 11.6 Å². The number of primary amides is 1. The van der Waals surface area contributed by atoms with E-state index >= 15 is 0 Å². The second kappa shape index (κ2) is 6.68. The van der Waals surface area contributed by atoms with Crippen molar-refractivity contribution >= 4 is 32.3 Å². The molecule has 0 saturated heterocycles. The Balaban J connectivity index is 2.04. The fraction of sp³-hybridized carbons (Fsp3) is 0.353. The monoisotopic (exact) mass is 380 g/mol. The third-order valence-corrected chi connectivity index (χ3v) is 7.03. The normalized spacial score (nSPS) is 17.0. The van der Waals surface area contributed by atoms with Gasteiger partial charge in [-0.25, -0.2) is 8.42 Å². The average molecular weight is 380 g/mol. The van der Waals surface area contributed by atoms with Gasteiger partial charge in [0.2, 0.25) is 0 Å². The first kappa shape index (κ1) is 17.8. The van der Waals surface area contributed by atoms with E-state index in [9.17, 15) is 13.2 Å². The van der Waals surface area contributed by atoms with Crippen molar-refractivity contribution in [2.45, 2.75) is 31.1 Å². The molecule has 0 aliphatic heterocycles. The van der Waals surface area contributed by atoms with Gasteiger partial charge in [-0.05, 0) is 42.9 Å². The number of sulfonamides is 1. The summed E-state index contributed by atoms with van der Waals surface area (Å²) in [6.45, 7) is 2.14. The number of benzene rings is 1. The van der Waals surface area contributed by atoms with Crippen molar-refractivity contribution in [1.29, 1.82) is 0 Å². The Hall–Kier alpha value is -2.06. The second-order valence-corrected chi connectivity index (χ2v) is 8.93. The Bertz CT molecular complexity index is 919. The van der Waals surface area contributed by atoms with Crippen molar-refractivity contribution in [1.82, 2.24) is 0 Å². The highest BCUT2D eigenvalue weighted by Crippen LogP contribution is 2.40. The number of carbonyl (C=O) groups is 1. The molecule has 1 unspecified atom stereocenters. The molecule has 1 aromatic carbocycles. The third-order valence-electron chi connectivity index (χ3n) is 4.34. The van der Waals surface area contributed by atoms with Gasteiger partial charge in [-0.1, -0.05) is 19.1 Å². The number of anilines is 1. The van der Waals surface area contributed by atoms with Crippen molar-refractivity contribution in [2.75, 3.05) is 11.8 Å². The highest BCUT2D eigenvalue weighted by atomic mass is 32.2. The van der Waals surface area contributed by atoms with E-state index in [1.54, 1.807) is 18.2 Å². The summed E-state index contributed by atoms with van der Waals surface area (Å²) in [5.41, 5.74) is 6.72. The van der Waals surface area contributed by atoms with E-state index in [-0.39, 0.29) is 15.6 Å². The molecule has 3 rings (SSSR count). The molecule has 0 radical (unpaired) electrons. The highest BCUT2D eigenvalue weighted by molar-refractivity contribution is 7.93. The molecule has 8 heteroatoms. The predicted molar refractivity (Wildman–Crippen MR) is 97.8 cm³/mol. The van der Waals surface area contributed by atoms with Gasteiger partial charge in [0.15, 0.2) is 0 Å². The fourth-order valence-electron chi connectivity index (χ4n) is 3.10. The van der Waals surface area contributed by atoms with Gasteiger partial charge in [0.25, 0.3) is 15.9 Å². The highest BCUT2D eigenvalue weighted by Gasteiger charge is 2.29. The topological polar surface area (TPSA) is 98.5 Å². The summed E-state index contributed by atoms with van der Waals surface area (Å²) >= 11 is 1.30. The lowest BCUT2D eigenvalue weighted by atomic mass is 9.88. The molecule has 1 atom stereocenters. The number of carbonyl (C=O) groups excluding carboxylic acids is 1. The molecule has 0 bridgehead atoms. The van der Waals surface area contributed by atoms with E-state index in [0.29, 0.717) is 11.5 Å². The van der Waals surface area contributed by atoms with Crippen LogP contribution >= 0.6 is 11.3 Å². The molecule has 1 heterocycles. The summed E-state index contributed by atoms with van der Waals surface area (Å²) in [5.74, 6) is 0.140. The Morgan fingerprint density at radius 2 is 2.08 bits per heavy atom. The van der Waals surface area contributed by atoms with Crippen LogP contribution < -0.4 is 15.2 Å². The van der Waals surface area contributed by atoms with Crippen molar-refractivity contribution < 1.29 is 17.9 Å². The number of nitrogens with one attached hydrogen (secondary N) is 1. The molecule has 1 aliphatic rings. The van der Waals surface area contributed by atoms with Gasteiger partial charge in [0.05, 0.1) is 12.7 Å². The van der Waals surface area contributed by atoms with Crippen molar-refractivity contribution in [2.24, 2.45) is 11.7 Å². The van der Waals surface area contributed by atoms with Gasteiger partial charge >= 0.3 is 0 Å². The Labute approximate surface area is 151 Å². The molecular weight excluding hydrogens is 360 g/mol. The molecule has 2 aromatic rings. The number of fused-ring (bicyclic) bond motifs is 1. The van der Waals surface area contributed by atoms with Gasteiger partial charge in [-0.3, -0.25) is 9.52 Å². The first-order chi connectivity index (χ1) is 11.8. The van der Waals surface area contributed by atoms with Crippen LogP contribution in [0.25, 0.3) is 0 Å². The van der Waals surface area contributed by atoms with Crippen molar-refractivity contribution in [3.05, 3.63) is 40.3 Å². The lowest BCUT2D eigenvalue weighted by Crippen LogP contribution is -2.19. The van der Waals surface area contributed by atoms with Crippen LogP contribution in [-0.4, -0.2) is 21.4 Å². The maximum Gasteiger partial charge on any atom is 0.266 e. The minimum Gasteiger partial charge on any atom is -0.495 e. The van der Waals surface area contributed by atoms with E-state index in [4.69, 9.17) is 10.5 Å². The second-order valence-electron chi connectivity index (χ2n) is 6.18. The Morgan fingerprint density at radius 3 is 2.76 bits per heavy atom. The van der Waals surface area contributed by atoms with Crippen LogP contribution in [0, 0.1) is 5.92 Å². The number of para-hydroxylation sites is 1. The summed E-state index contributed by atoms with van der Waals surface area (Å²) in [4.78, 5) is 13.0. The van der Waals surface area contributed by atoms with Crippen molar-refractivity contribution in [3.8, 4) is 5.75 Å². The van der Waals surface area contributed by atoms with Gasteiger partial charge in [-0.2, -0.15) is 0 Å². The number of rotatable bonds is 5. The standard InChI is InChI=1S/C17H20N2O4S2/c1-10-7-8-11-13(9-10)24-17(15(11)16(18)20)19-25(21,22)14-6-4-3-5-12(14)23-2/h3-6,10,19H,7-9H2,1-2H3,(H2,18,20). The van der Waals surface area contributed by atoms with Gasteiger partial charge < -0.3 is 10.5 Å². The zero-order chi connectivity index (χ0) is 18.2. The number of hydrogen-bond acceptors (Lipinski definition) is 5. The van der Waals surface area contributed by atoms with Gasteiger partial charge in [0.1, 0.15) is 15.6 Å². The maximum absolute atomic E-state index is 12.8. The van der Waals surface area contributed by atoms with Crippen LogP contribution in [0.3, 0.4) is 0 Å². The molecule has 134 valence electrons. The number of nitrogens with two attached hydrogens (primary N) is 1. The largest absolute Gasteiger partial charge is 0.495 e. The summed E-state index contributed by atoms with van der Waals surface area (Å²) in [5, 5.41) is 0.289. The molecule has 25 heavy (non-hydrogen) atoms. The SMILES string of the molecule is COc1ccccc1S(=O)(=O)Nc1sc2c(c1C(N)=O)CCC(C)C2. The van der Waals surface area contributed by atoms with E-state index in [1.807, 2.05) is 0 Å². The molecule has 3 N–H and O–H groups in total. The van der Waals surface area contributed by atoms with Gasteiger partial charge in [0, 0.05) is 4.88 Å². The number of thiophene rings is 1. The third kappa shape index (κ3) is 3.36. The summed E-state index contributed by atoms with van der Waals surface area (Å²) < 4.78 is 33.3. The van der Waals surface area contributed by atoms with Crippen LogP contribution in [0.4, 0.5) is 5.00 Å². The first-order valence-corrected chi connectivity index (χ1v) is 10.2. The van der Waals surface area contributed by atoms with E-state index in [0.717, 1.165) is 29.7 Å². The molecule has 1 amide bonds. The molecule has 0 spiro atoms. The number of amides is 1. The summed E-state index contributed by atoms with van der Waals surface area (Å²) in [6, 6.07) is 6.34. The molecule has 1 aromatic heterocycles. The van der Waals surface area contributed by atoms with E-state index in [1.165, 1.54) is 24.5 Å². The zero-order valence-electron chi connectivity index (χ0n) is 14.0. The zero-order valence-corrected chi connectivity index (χ0v) is 15.7. The minimum absolute atomic E-state index is 0.0210. The van der Waals surface area contributed by atoms with Gasteiger partial charge in [-0.15, -0.1) is 11.3 Å². The van der Waals surface area contributed by atoms with Crippen LogP contribution in [-0.2, 0) is 22.9 Å². The van der Waals surface area contributed by atoms with Crippen LogP contribution in [0.5, 0.6) is 5.75 Å². The lowest BCUT2D eigenvalue weighted by molar-refractivity contribution is 0.100. The molecule has 0 saturated carbocycles. The number of hydrogen-bond donors (Lipinski definition) is 2. The molecule has 1 aliphatic carbocycles. The number of ether oxygens (including phenoxy) is 1. The maximum atomic E-state index is 12.8. The predicted octanol–water partition coefficient (Wildman–Crippen LogP) is 2.78. The first-order valence-electron chi connectivity index (χ1n) is 7.93. The van der Waals surface area contributed by atoms with Crippen LogP contribution in [0.1, 0.15) is 34.1 Å². The molecular formula is C17H20N2O4S2. The molecule has 0 fully saturated rings. The lowest BCUT2D eigenvalue weighted by Gasteiger charge is -2.18. The van der Waals surface area contributed by atoms with E-state index < -0.39 is 15.9 Å². The minimum atomic E-state index is -3.90. The summed E-state index contributed by atoms with van der Waals surface area (Å²) in [6.07, 6.45) is 2.53. The summed E-state index contributed by atoms with van der Waals surface area (Å²) in [7, 11) is -2.49. The molecule has 6 nitrogen and oxygen atoms in total. The fourth-order valence-corrected chi connectivity index (χ4v) is 5.99. The van der Waals surface area contributed by atoms with Crippen molar-refractivity contribution in [3.63, 3.8) is 0 Å². The number of methoxy groups -OCH3 is 1. The van der Waals surface area contributed by atoms with Crippen LogP contribution in [0.2, 0.25) is 0 Å². The Morgan fingerprint density at radius 1 is 1.36 bits per heavy atom. The van der Waals surface area contributed by atoms with Crippen LogP contribution in [0.15, 0.2) is 29.2 Å². The average Bonchev–Trinajstić information content (AvgIpc) is 2.90. The smallest absolute Gasteiger partial charge is 0.266 e.